The summed E-state index contributed by atoms with van der Waals surface area (Å²) in [5.41, 5.74) is 3.20. The summed E-state index contributed by atoms with van der Waals surface area (Å²) in [7, 11) is 0. The van der Waals surface area contributed by atoms with Crippen LogP contribution in [-0.4, -0.2) is 22.2 Å². The molecule has 0 bridgehead atoms. The molecule has 6 heteroatoms. The Hall–Kier alpha value is -0.590. The second-order valence-electron chi connectivity index (χ2n) is 4.90. The first kappa shape index (κ1) is 15.5. The monoisotopic (exact) mass is 288 g/mol. The number of thiazole rings is 1. The number of amides is 1. The predicted octanol–water partition coefficient (Wildman–Crippen LogP) is 2.92. The largest absolute Gasteiger partial charge is 0.273 e. The van der Waals surface area contributed by atoms with Crippen molar-refractivity contribution in [1.29, 1.82) is 0 Å². The van der Waals surface area contributed by atoms with E-state index in [0.29, 0.717) is 6.42 Å². The zero-order valence-corrected chi connectivity index (χ0v) is 12.9. The van der Waals surface area contributed by atoms with Crippen molar-refractivity contribution in [2.75, 3.05) is 5.75 Å². The zero-order valence-electron chi connectivity index (χ0n) is 11.3. The number of nitrogens with one attached hydrogen (secondary N) is 1. The van der Waals surface area contributed by atoms with Crippen molar-refractivity contribution in [2.24, 2.45) is 0 Å². The number of carbonyl (C=O) groups is 1. The summed E-state index contributed by atoms with van der Waals surface area (Å²) in [6.07, 6.45) is 0.462. The summed E-state index contributed by atoms with van der Waals surface area (Å²) >= 11 is 3.37. The van der Waals surface area contributed by atoms with E-state index in [9.17, 15) is 4.79 Å². The molecule has 0 aliphatic rings. The van der Waals surface area contributed by atoms with Crippen LogP contribution in [0.15, 0.2) is 5.38 Å². The number of thioether (sulfide) groups is 1. The summed E-state index contributed by atoms with van der Waals surface area (Å²) in [5, 5.41) is 3.15. The number of nitrogens with zero attached hydrogens (tertiary/aromatic N) is 1. The minimum absolute atomic E-state index is 0.0770. The van der Waals surface area contributed by atoms with E-state index in [1.54, 1.807) is 23.1 Å². The summed E-state index contributed by atoms with van der Waals surface area (Å²) < 4.78 is 0. The molecule has 0 radical (unpaired) electrons. The smallest absolute Gasteiger partial charge is 0.244 e. The highest BCUT2D eigenvalue weighted by Crippen LogP contribution is 2.15. The first-order valence-corrected chi connectivity index (χ1v) is 7.86. The lowest BCUT2D eigenvalue weighted by molar-refractivity contribution is -0.145. The number of hydrogen-bond acceptors (Lipinski definition) is 5. The third-order valence-corrected chi connectivity index (χ3v) is 3.68. The number of aryl methyl sites for hydroxylation is 1. The van der Waals surface area contributed by atoms with Crippen molar-refractivity contribution in [3.05, 3.63) is 16.1 Å². The Morgan fingerprint density at radius 3 is 2.83 bits per heavy atom. The molecule has 0 fully saturated rings. The Bertz CT molecular complexity index is 386. The lowest BCUT2D eigenvalue weighted by Gasteiger charge is -2.18. The lowest BCUT2D eigenvalue weighted by atomic mass is 10.2. The number of hydroxylamine groups is 1. The van der Waals surface area contributed by atoms with E-state index in [1.165, 1.54) is 0 Å². The number of hydrogen-bond donors (Lipinski definition) is 1. The zero-order chi connectivity index (χ0) is 13.6. The van der Waals surface area contributed by atoms with Gasteiger partial charge in [0.05, 0.1) is 16.3 Å². The molecule has 1 heterocycles. The molecule has 18 heavy (non-hydrogen) atoms. The van der Waals surface area contributed by atoms with Crippen LogP contribution in [0.3, 0.4) is 0 Å². The highest BCUT2D eigenvalue weighted by molar-refractivity contribution is 7.98. The molecule has 1 N–H and O–H groups in total. The van der Waals surface area contributed by atoms with Crippen molar-refractivity contribution < 1.29 is 9.63 Å². The Morgan fingerprint density at radius 2 is 2.28 bits per heavy atom. The van der Waals surface area contributed by atoms with Gasteiger partial charge in [0.25, 0.3) is 0 Å². The summed E-state index contributed by atoms with van der Waals surface area (Å²) in [6, 6.07) is 0. The topological polar surface area (TPSA) is 51.2 Å². The van der Waals surface area contributed by atoms with Crippen LogP contribution < -0.4 is 5.48 Å². The van der Waals surface area contributed by atoms with Crippen molar-refractivity contribution in [3.63, 3.8) is 0 Å². The molecule has 0 unspecified atom stereocenters. The van der Waals surface area contributed by atoms with Gasteiger partial charge in [-0.25, -0.2) is 10.5 Å². The van der Waals surface area contributed by atoms with Gasteiger partial charge in [0.2, 0.25) is 5.91 Å². The van der Waals surface area contributed by atoms with Gasteiger partial charge in [0.1, 0.15) is 0 Å². The average molecular weight is 288 g/mol. The van der Waals surface area contributed by atoms with Crippen LogP contribution in [0.5, 0.6) is 0 Å². The normalized spacial score (nSPS) is 11.6. The van der Waals surface area contributed by atoms with Crippen molar-refractivity contribution >= 4 is 29.0 Å². The molecule has 0 spiro atoms. The molecular formula is C12H20N2O2S2. The van der Waals surface area contributed by atoms with Crippen LogP contribution in [0.2, 0.25) is 0 Å². The van der Waals surface area contributed by atoms with E-state index in [2.05, 4.69) is 15.8 Å². The van der Waals surface area contributed by atoms with Crippen molar-refractivity contribution in [3.8, 4) is 0 Å². The average Bonchev–Trinajstić information content (AvgIpc) is 2.67. The highest BCUT2D eigenvalue weighted by Gasteiger charge is 2.12. The maximum absolute atomic E-state index is 11.4. The maximum Gasteiger partial charge on any atom is 0.244 e. The number of aromatic nitrogens is 1. The molecule has 0 atom stereocenters. The van der Waals surface area contributed by atoms with Gasteiger partial charge >= 0.3 is 0 Å². The molecule has 1 aromatic rings. The summed E-state index contributed by atoms with van der Waals surface area (Å²) in [4.78, 5) is 21.0. The minimum atomic E-state index is -0.346. The quantitative estimate of drug-likeness (QED) is 0.646. The van der Waals surface area contributed by atoms with E-state index >= 15 is 0 Å². The molecular weight excluding hydrogens is 268 g/mol. The Labute approximate surface area is 116 Å². The number of rotatable bonds is 6. The molecule has 4 nitrogen and oxygen atoms in total. The maximum atomic E-state index is 11.4. The second kappa shape index (κ2) is 7.11. The van der Waals surface area contributed by atoms with E-state index in [-0.39, 0.29) is 11.5 Å². The van der Waals surface area contributed by atoms with Gasteiger partial charge in [-0.1, -0.05) is 0 Å². The van der Waals surface area contributed by atoms with Crippen LogP contribution in [0.1, 0.15) is 37.9 Å². The molecule has 0 saturated carbocycles. The minimum Gasteiger partial charge on any atom is -0.273 e. The molecule has 0 aliphatic heterocycles. The summed E-state index contributed by atoms with van der Waals surface area (Å²) in [5.74, 6) is 1.56. The standard InChI is InChI=1S/C12H20N2O2S2/c1-9-13-10(8-18-9)7-17-6-5-11(15)14-16-12(2,3)4/h8H,5-7H2,1-4H3,(H,14,15). The molecule has 0 saturated heterocycles. The van der Waals surface area contributed by atoms with Gasteiger partial charge in [0.15, 0.2) is 0 Å². The predicted molar refractivity (Wildman–Crippen MR) is 76.6 cm³/mol. The molecule has 1 rings (SSSR count). The fourth-order valence-electron chi connectivity index (χ4n) is 1.08. The van der Waals surface area contributed by atoms with Gasteiger partial charge in [-0.15, -0.1) is 11.3 Å². The number of carbonyl (C=O) groups excluding carboxylic acids is 1. The molecule has 0 aromatic carbocycles. The van der Waals surface area contributed by atoms with Gasteiger partial charge < -0.3 is 0 Å². The van der Waals surface area contributed by atoms with Crippen molar-refractivity contribution in [2.45, 2.75) is 45.5 Å². The van der Waals surface area contributed by atoms with Gasteiger partial charge in [-0.2, -0.15) is 11.8 Å². The van der Waals surface area contributed by atoms with E-state index in [4.69, 9.17) is 4.84 Å². The van der Waals surface area contributed by atoms with Crippen LogP contribution >= 0.6 is 23.1 Å². The molecule has 1 amide bonds. The van der Waals surface area contributed by atoms with Crippen LogP contribution in [0.4, 0.5) is 0 Å². The van der Waals surface area contributed by atoms with Crippen LogP contribution in [0, 0.1) is 6.92 Å². The molecule has 102 valence electrons. The van der Waals surface area contributed by atoms with Crippen molar-refractivity contribution in [1.82, 2.24) is 10.5 Å². The third kappa shape index (κ3) is 6.98. The van der Waals surface area contributed by atoms with Crippen LogP contribution in [-0.2, 0) is 15.4 Å². The van der Waals surface area contributed by atoms with E-state index < -0.39 is 0 Å². The van der Waals surface area contributed by atoms with E-state index in [0.717, 1.165) is 22.2 Å². The fourth-order valence-corrected chi connectivity index (χ4v) is 2.63. The first-order chi connectivity index (χ1) is 8.37. The van der Waals surface area contributed by atoms with Gasteiger partial charge in [-0.05, 0) is 27.7 Å². The molecule has 0 aliphatic carbocycles. The first-order valence-electron chi connectivity index (χ1n) is 5.82. The lowest BCUT2D eigenvalue weighted by Crippen LogP contribution is -2.33. The van der Waals surface area contributed by atoms with Gasteiger partial charge in [-0.3, -0.25) is 9.63 Å². The highest BCUT2D eigenvalue weighted by atomic mass is 32.2. The molecule has 1 aromatic heterocycles. The van der Waals surface area contributed by atoms with Gasteiger partial charge in [0, 0.05) is 23.3 Å². The Balaban J connectivity index is 2.09. The Morgan fingerprint density at radius 1 is 1.56 bits per heavy atom. The fraction of sp³-hybridized carbons (Fsp3) is 0.667. The Kier molecular flexibility index (Phi) is 6.11. The SMILES string of the molecule is Cc1nc(CSCCC(=O)NOC(C)(C)C)cs1. The third-order valence-electron chi connectivity index (χ3n) is 1.86. The second-order valence-corrected chi connectivity index (χ2v) is 7.07. The van der Waals surface area contributed by atoms with Crippen LogP contribution in [0.25, 0.3) is 0 Å². The summed E-state index contributed by atoms with van der Waals surface area (Å²) in [6.45, 7) is 7.68. The van der Waals surface area contributed by atoms with E-state index in [1.807, 2.05) is 27.7 Å².